The number of carbonyl (C=O) groups is 2. The maximum Gasteiger partial charge on any atom is 0.233 e. The Kier molecular flexibility index (Phi) is 4.50. The molecule has 4 aliphatic rings. The van der Waals surface area contributed by atoms with Crippen LogP contribution >= 0.6 is 0 Å². The zero-order chi connectivity index (χ0) is 21.2. The molecule has 6 atom stereocenters. The molecule has 2 saturated carbocycles. The van der Waals surface area contributed by atoms with Crippen molar-refractivity contribution in [2.24, 2.45) is 34.7 Å². The molecule has 2 bridgehead atoms. The van der Waals surface area contributed by atoms with E-state index in [1.54, 1.807) is 14.2 Å². The number of imide groups is 1. The van der Waals surface area contributed by atoms with Crippen molar-refractivity contribution in [2.75, 3.05) is 41.4 Å². The lowest BCUT2D eigenvalue weighted by Gasteiger charge is -2.30. The second kappa shape index (κ2) is 6.97. The molecule has 2 heterocycles. The molecule has 160 valence electrons. The lowest BCUT2D eigenvalue weighted by molar-refractivity contribution is -0.141. The van der Waals surface area contributed by atoms with Gasteiger partial charge in [0.25, 0.3) is 0 Å². The maximum absolute atomic E-state index is 13.2. The summed E-state index contributed by atoms with van der Waals surface area (Å²) in [5.74, 6) is 0.722. The fourth-order valence-corrected chi connectivity index (χ4v) is 6.02. The van der Waals surface area contributed by atoms with Gasteiger partial charge in [-0.05, 0) is 38.6 Å². The number of ether oxygens (including phenoxy) is 2. The van der Waals surface area contributed by atoms with E-state index in [2.05, 4.69) is 5.16 Å². The van der Waals surface area contributed by atoms with Gasteiger partial charge in [-0.2, -0.15) is 0 Å². The minimum atomic E-state index is -0.271. The molecule has 5 rings (SSSR count). The van der Waals surface area contributed by atoms with E-state index in [-0.39, 0.29) is 47.5 Å². The third-order valence-electron chi connectivity index (χ3n) is 7.23. The van der Waals surface area contributed by atoms with Crippen LogP contribution in [0.15, 0.2) is 23.4 Å². The zero-order valence-corrected chi connectivity index (χ0v) is 17.7. The Labute approximate surface area is 175 Å². The first-order valence-corrected chi connectivity index (χ1v) is 10.4. The molecule has 30 heavy (non-hydrogen) atoms. The molecule has 8 nitrogen and oxygen atoms in total. The van der Waals surface area contributed by atoms with Crippen molar-refractivity contribution in [1.82, 2.24) is 9.80 Å². The van der Waals surface area contributed by atoms with Crippen molar-refractivity contribution in [3.05, 3.63) is 23.8 Å². The molecule has 0 unspecified atom stereocenters. The van der Waals surface area contributed by atoms with Gasteiger partial charge in [0.2, 0.25) is 11.8 Å². The summed E-state index contributed by atoms with van der Waals surface area (Å²) in [4.78, 5) is 35.6. The molecule has 1 aromatic carbocycles. The fourth-order valence-electron chi connectivity index (χ4n) is 6.02. The number of rotatable bonds is 6. The molecule has 3 fully saturated rings. The highest BCUT2D eigenvalue weighted by molar-refractivity contribution is 6.10. The van der Waals surface area contributed by atoms with E-state index in [0.29, 0.717) is 24.6 Å². The number of likely N-dealkylation sites (N-methyl/N-ethyl adjacent to an activating group) is 1. The van der Waals surface area contributed by atoms with Crippen molar-refractivity contribution in [2.45, 2.75) is 12.5 Å². The molecule has 0 spiro atoms. The smallest absolute Gasteiger partial charge is 0.233 e. The van der Waals surface area contributed by atoms with Gasteiger partial charge < -0.3 is 19.2 Å². The molecule has 1 saturated heterocycles. The number of hydrogen-bond donors (Lipinski definition) is 0. The van der Waals surface area contributed by atoms with E-state index in [1.807, 2.05) is 37.2 Å². The average Bonchev–Trinajstić information content (AvgIpc) is 3.46. The average molecular weight is 413 g/mol. The summed E-state index contributed by atoms with van der Waals surface area (Å²) in [6.07, 6.45) is 0.669. The first-order chi connectivity index (χ1) is 14.5. The molecule has 0 radical (unpaired) electrons. The van der Waals surface area contributed by atoms with Crippen LogP contribution in [-0.4, -0.2) is 74.8 Å². The van der Waals surface area contributed by atoms with Gasteiger partial charge in [-0.1, -0.05) is 11.2 Å². The van der Waals surface area contributed by atoms with Gasteiger partial charge in [0.1, 0.15) is 6.10 Å². The number of benzene rings is 1. The first-order valence-electron chi connectivity index (χ1n) is 10.4. The Hall–Kier alpha value is -2.61. The quantitative estimate of drug-likeness (QED) is 0.653. The van der Waals surface area contributed by atoms with Gasteiger partial charge >= 0.3 is 0 Å². The van der Waals surface area contributed by atoms with Crippen LogP contribution in [0.25, 0.3) is 0 Å². The van der Waals surface area contributed by atoms with Crippen molar-refractivity contribution in [3.63, 3.8) is 0 Å². The highest BCUT2D eigenvalue weighted by Crippen LogP contribution is 2.62. The number of methoxy groups -OCH3 is 2. The van der Waals surface area contributed by atoms with E-state index in [4.69, 9.17) is 14.3 Å². The van der Waals surface area contributed by atoms with Crippen LogP contribution in [0.3, 0.4) is 0 Å². The number of oxime groups is 1. The summed E-state index contributed by atoms with van der Waals surface area (Å²) >= 11 is 0. The second-order valence-corrected chi connectivity index (χ2v) is 8.86. The van der Waals surface area contributed by atoms with Crippen LogP contribution in [-0.2, 0) is 14.4 Å². The SMILES string of the molecule is COc1cccc(C2=NO[C@@H]3[C@H]4C[C@@H]([C@H]23)[C@@H]2C(=O)N(CCN(C)C)C(=O)[C@H]42)c1OC. The van der Waals surface area contributed by atoms with E-state index in [0.717, 1.165) is 17.7 Å². The number of nitrogens with zero attached hydrogens (tertiary/aromatic N) is 3. The van der Waals surface area contributed by atoms with Crippen LogP contribution in [0.4, 0.5) is 0 Å². The van der Waals surface area contributed by atoms with E-state index in [9.17, 15) is 9.59 Å². The minimum Gasteiger partial charge on any atom is -0.493 e. The van der Waals surface area contributed by atoms with Gasteiger partial charge in [0.05, 0.1) is 31.8 Å². The normalized spacial score (nSPS) is 33.6. The molecule has 0 aromatic heterocycles. The molecule has 2 amide bonds. The van der Waals surface area contributed by atoms with Crippen LogP contribution in [0.5, 0.6) is 11.5 Å². The molecular weight excluding hydrogens is 386 g/mol. The zero-order valence-electron chi connectivity index (χ0n) is 17.7. The van der Waals surface area contributed by atoms with Crippen LogP contribution < -0.4 is 9.47 Å². The molecular formula is C22H27N3O5. The summed E-state index contributed by atoms with van der Waals surface area (Å²) in [5, 5.41) is 4.41. The van der Waals surface area contributed by atoms with Gasteiger partial charge in [-0.15, -0.1) is 0 Å². The van der Waals surface area contributed by atoms with Crippen molar-refractivity contribution in [1.29, 1.82) is 0 Å². The Morgan fingerprint density at radius 2 is 1.83 bits per heavy atom. The fraction of sp³-hybridized carbons (Fsp3) is 0.591. The van der Waals surface area contributed by atoms with Gasteiger partial charge in [-0.3, -0.25) is 14.5 Å². The van der Waals surface area contributed by atoms with E-state index >= 15 is 0 Å². The van der Waals surface area contributed by atoms with E-state index in [1.165, 1.54) is 4.90 Å². The molecule has 0 N–H and O–H groups in total. The minimum absolute atomic E-state index is 0.0113. The lowest BCUT2D eigenvalue weighted by Crippen LogP contribution is -2.41. The molecule has 8 heteroatoms. The van der Waals surface area contributed by atoms with Crippen LogP contribution in [0, 0.1) is 29.6 Å². The summed E-state index contributed by atoms with van der Waals surface area (Å²) in [6.45, 7) is 1.11. The monoisotopic (exact) mass is 413 g/mol. The lowest BCUT2D eigenvalue weighted by atomic mass is 9.71. The van der Waals surface area contributed by atoms with Crippen molar-refractivity contribution in [3.8, 4) is 11.5 Å². The number of carbonyl (C=O) groups excluding carboxylic acids is 2. The van der Waals surface area contributed by atoms with E-state index < -0.39 is 0 Å². The van der Waals surface area contributed by atoms with Crippen LogP contribution in [0.1, 0.15) is 12.0 Å². The number of amides is 2. The summed E-state index contributed by atoms with van der Waals surface area (Å²) in [6, 6.07) is 5.69. The largest absolute Gasteiger partial charge is 0.493 e. The predicted molar refractivity (Wildman–Crippen MR) is 108 cm³/mol. The number of hydrogen-bond acceptors (Lipinski definition) is 7. The third-order valence-corrected chi connectivity index (χ3v) is 7.23. The number of fused-ring (bicyclic) bond motifs is 8. The van der Waals surface area contributed by atoms with Gasteiger partial charge in [-0.25, -0.2) is 0 Å². The second-order valence-electron chi connectivity index (χ2n) is 8.86. The summed E-state index contributed by atoms with van der Waals surface area (Å²) < 4.78 is 11.0. The Bertz CT molecular complexity index is 929. The molecule has 1 aromatic rings. The standard InChI is InChI=1S/C22H27N3O5/c1-24(2)8-9-25-21(26)15-12-10-13(16(15)22(25)27)20-17(12)18(23-30-20)11-6-5-7-14(28-3)19(11)29-4/h5-7,12-13,15-17,20H,8-10H2,1-4H3/t12-,13+,15+,16-,17-,20-/m1/s1. The Balaban J connectivity index is 1.46. The van der Waals surface area contributed by atoms with Crippen LogP contribution in [0.2, 0.25) is 0 Å². The summed E-state index contributed by atoms with van der Waals surface area (Å²) in [5.41, 5.74) is 1.63. The molecule has 2 aliphatic carbocycles. The molecule has 2 aliphatic heterocycles. The topological polar surface area (TPSA) is 80.7 Å². The highest BCUT2D eigenvalue weighted by atomic mass is 16.6. The van der Waals surface area contributed by atoms with Crippen molar-refractivity contribution >= 4 is 17.5 Å². The van der Waals surface area contributed by atoms with Gasteiger partial charge in [0.15, 0.2) is 11.5 Å². The predicted octanol–water partition coefficient (Wildman–Crippen LogP) is 1.24. The third kappa shape index (κ3) is 2.52. The Morgan fingerprint density at radius 3 is 2.50 bits per heavy atom. The number of para-hydroxylation sites is 1. The highest BCUT2D eigenvalue weighted by Gasteiger charge is 2.70. The van der Waals surface area contributed by atoms with Gasteiger partial charge in [0, 0.05) is 30.5 Å². The first kappa shape index (κ1) is 19.4. The summed E-state index contributed by atoms with van der Waals surface area (Å²) in [7, 11) is 7.09. The number of likely N-dealkylation sites (tertiary alicyclic amines) is 1. The van der Waals surface area contributed by atoms with Crippen molar-refractivity contribution < 1.29 is 23.9 Å². The Morgan fingerprint density at radius 1 is 1.10 bits per heavy atom. The maximum atomic E-state index is 13.2.